The van der Waals surface area contributed by atoms with Crippen LogP contribution in [0.4, 0.5) is 5.00 Å². The molecule has 0 atom stereocenters. The standard InChI is InChI=1S/C22H27NO4S/c1-13(2)27-22(25)20-16-9-5-6-11-18(16)28-21(20)23-19(24)12-26-17-10-7-8-14(3)15(17)4/h7-8,10,13H,5-6,9,11-12H2,1-4H3,(H,23,24). The average molecular weight is 402 g/mol. The number of anilines is 1. The average Bonchev–Trinajstić information content (AvgIpc) is 3.00. The molecule has 1 aliphatic carbocycles. The van der Waals surface area contributed by atoms with E-state index in [-0.39, 0.29) is 24.6 Å². The summed E-state index contributed by atoms with van der Waals surface area (Å²) in [6, 6.07) is 5.76. The first-order valence-electron chi connectivity index (χ1n) is 9.71. The third-order valence-corrected chi connectivity index (χ3v) is 6.09. The molecule has 0 fully saturated rings. The molecule has 1 amide bonds. The second-order valence-electron chi connectivity index (χ2n) is 7.40. The number of benzene rings is 1. The van der Waals surface area contributed by atoms with Crippen LogP contribution >= 0.6 is 11.3 Å². The van der Waals surface area contributed by atoms with Gasteiger partial charge in [0, 0.05) is 4.88 Å². The summed E-state index contributed by atoms with van der Waals surface area (Å²) in [6.45, 7) is 7.52. The lowest BCUT2D eigenvalue weighted by molar-refractivity contribution is -0.118. The number of fused-ring (bicyclic) bond motifs is 1. The number of carbonyl (C=O) groups excluding carboxylic acids is 2. The van der Waals surface area contributed by atoms with Crippen molar-refractivity contribution in [3.05, 3.63) is 45.3 Å². The maximum atomic E-state index is 12.7. The van der Waals surface area contributed by atoms with Crippen LogP contribution in [0.2, 0.25) is 0 Å². The Bertz CT molecular complexity index is 885. The zero-order valence-corrected chi connectivity index (χ0v) is 17.7. The molecule has 28 heavy (non-hydrogen) atoms. The lowest BCUT2D eigenvalue weighted by atomic mass is 9.95. The number of carbonyl (C=O) groups is 2. The first kappa shape index (κ1) is 20.4. The molecule has 0 saturated carbocycles. The molecule has 1 aliphatic rings. The Morgan fingerprint density at radius 2 is 1.93 bits per heavy atom. The summed E-state index contributed by atoms with van der Waals surface area (Å²) in [5.41, 5.74) is 3.69. The Morgan fingerprint density at radius 3 is 2.68 bits per heavy atom. The first-order valence-corrected chi connectivity index (χ1v) is 10.5. The molecule has 0 spiro atoms. The number of nitrogens with one attached hydrogen (secondary N) is 1. The van der Waals surface area contributed by atoms with Crippen molar-refractivity contribution in [2.75, 3.05) is 11.9 Å². The van der Waals surface area contributed by atoms with E-state index < -0.39 is 0 Å². The number of hydrogen-bond acceptors (Lipinski definition) is 5. The van der Waals surface area contributed by atoms with Crippen LogP contribution in [0.3, 0.4) is 0 Å². The SMILES string of the molecule is Cc1cccc(OCC(=O)Nc2sc3c(c2C(=O)OC(C)C)CCCC3)c1C. The van der Waals surface area contributed by atoms with Crippen LogP contribution in [0.5, 0.6) is 5.75 Å². The summed E-state index contributed by atoms with van der Waals surface area (Å²) in [5, 5.41) is 3.46. The van der Waals surface area contributed by atoms with Crippen LogP contribution in [0.15, 0.2) is 18.2 Å². The van der Waals surface area contributed by atoms with Crippen molar-refractivity contribution < 1.29 is 19.1 Å². The van der Waals surface area contributed by atoms with Crippen LogP contribution in [0, 0.1) is 13.8 Å². The monoisotopic (exact) mass is 401 g/mol. The zero-order valence-electron chi connectivity index (χ0n) is 16.9. The van der Waals surface area contributed by atoms with Gasteiger partial charge in [-0.1, -0.05) is 12.1 Å². The topological polar surface area (TPSA) is 64.6 Å². The van der Waals surface area contributed by atoms with Crippen molar-refractivity contribution in [1.82, 2.24) is 0 Å². The first-order chi connectivity index (χ1) is 13.4. The van der Waals surface area contributed by atoms with Gasteiger partial charge in [0.15, 0.2) is 6.61 Å². The number of esters is 1. The van der Waals surface area contributed by atoms with Gasteiger partial charge in [-0.25, -0.2) is 4.79 Å². The molecule has 0 radical (unpaired) electrons. The summed E-state index contributed by atoms with van der Waals surface area (Å²) in [7, 11) is 0. The van der Waals surface area contributed by atoms with Gasteiger partial charge in [0.2, 0.25) is 0 Å². The Hall–Kier alpha value is -2.34. The predicted octanol–water partition coefficient (Wildman–Crippen LogP) is 4.83. The highest BCUT2D eigenvalue weighted by Gasteiger charge is 2.28. The molecule has 0 unspecified atom stereocenters. The highest BCUT2D eigenvalue weighted by Crippen LogP contribution is 2.38. The largest absolute Gasteiger partial charge is 0.483 e. The molecule has 0 aliphatic heterocycles. The minimum absolute atomic E-state index is 0.106. The van der Waals surface area contributed by atoms with Crippen molar-refractivity contribution in [2.45, 2.75) is 59.5 Å². The maximum absolute atomic E-state index is 12.7. The molecule has 0 saturated heterocycles. The summed E-state index contributed by atoms with van der Waals surface area (Å²) in [6.07, 6.45) is 3.74. The van der Waals surface area contributed by atoms with Crippen LogP contribution in [-0.4, -0.2) is 24.6 Å². The summed E-state index contributed by atoms with van der Waals surface area (Å²) in [4.78, 5) is 26.3. The molecule has 6 heteroatoms. The van der Waals surface area contributed by atoms with Crippen molar-refractivity contribution >= 4 is 28.2 Å². The van der Waals surface area contributed by atoms with E-state index in [9.17, 15) is 9.59 Å². The van der Waals surface area contributed by atoms with E-state index in [1.54, 1.807) is 0 Å². The molecule has 2 aromatic rings. The lowest BCUT2D eigenvalue weighted by Crippen LogP contribution is -2.22. The minimum atomic E-state index is -0.361. The van der Waals surface area contributed by atoms with Crippen molar-refractivity contribution in [1.29, 1.82) is 0 Å². The van der Waals surface area contributed by atoms with E-state index in [1.165, 1.54) is 16.2 Å². The third-order valence-electron chi connectivity index (χ3n) is 4.88. The Morgan fingerprint density at radius 1 is 1.18 bits per heavy atom. The third kappa shape index (κ3) is 4.55. The van der Waals surface area contributed by atoms with E-state index in [2.05, 4.69) is 5.32 Å². The number of thiophene rings is 1. The van der Waals surface area contributed by atoms with Gasteiger partial charge >= 0.3 is 5.97 Å². The maximum Gasteiger partial charge on any atom is 0.341 e. The van der Waals surface area contributed by atoms with E-state index >= 15 is 0 Å². The predicted molar refractivity (Wildman–Crippen MR) is 112 cm³/mol. The molecule has 1 N–H and O–H groups in total. The van der Waals surface area contributed by atoms with Crippen LogP contribution in [0.25, 0.3) is 0 Å². The number of hydrogen-bond donors (Lipinski definition) is 1. The van der Waals surface area contributed by atoms with Gasteiger partial charge in [-0.15, -0.1) is 11.3 Å². The minimum Gasteiger partial charge on any atom is -0.483 e. The molecular formula is C22H27NO4S. The van der Waals surface area contributed by atoms with Gasteiger partial charge in [-0.2, -0.15) is 0 Å². The highest BCUT2D eigenvalue weighted by atomic mass is 32.1. The van der Waals surface area contributed by atoms with Crippen LogP contribution in [0.1, 0.15) is 58.6 Å². The van der Waals surface area contributed by atoms with Crippen molar-refractivity contribution in [3.63, 3.8) is 0 Å². The van der Waals surface area contributed by atoms with Crippen molar-refractivity contribution in [2.24, 2.45) is 0 Å². The lowest BCUT2D eigenvalue weighted by Gasteiger charge is -2.14. The van der Waals surface area contributed by atoms with Gasteiger partial charge in [0.1, 0.15) is 10.8 Å². The fraction of sp³-hybridized carbons (Fsp3) is 0.455. The van der Waals surface area contributed by atoms with Gasteiger partial charge < -0.3 is 14.8 Å². The normalized spacial score (nSPS) is 13.2. The molecule has 5 nitrogen and oxygen atoms in total. The van der Waals surface area contributed by atoms with Gasteiger partial charge in [-0.05, 0) is 76.1 Å². The quantitative estimate of drug-likeness (QED) is 0.705. The molecule has 1 aromatic carbocycles. The number of rotatable bonds is 6. The summed E-state index contributed by atoms with van der Waals surface area (Å²) in [5.74, 6) is 0.0540. The van der Waals surface area contributed by atoms with Gasteiger partial charge in [0.25, 0.3) is 5.91 Å². The van der Waals surface area contributed by atoms with E-state index in [4.69, 9.17) is 9.47 Å². The molecule has 3 rings (SSSR count). The van der Waals surface area contributed by atoms with Gasteiger partial charge in [-0.3, -0.25) is 4.79 Å². The Balaban J connectivity index is 1.75. The van der Waals surface area contributed by atoms with Crippen molar-refractivity contribution in [3.8, 4) is 5.75 Å². The molecule has 0 bridgehead atoms. The smallest absolute Gasteiger partial charge is 0.341 e. The number of ether oxygens (including phenoxy) is 2. The number of aryl methyl sites for hydroxylation is 2. The second-order valence-corrected chi connectivity index (χ2v) is 8.51. The summed E-state index contributed by atoms with van der Waals surface area (Å²) >= 11 is 1.48. The fourth-order valence-corrected chi connectivity index (χ4v) is 4.62. The molecular weight excluding hydrogens is 374 g/mol. The fourth-order valence-electron chi connectivity index (χ4n) is 3.33. The molecule has 1 heterocycles. The van der Waals surface area contributed by atoms with Crippen LogP contribution in [-0.2, 0) is 22.4 Å². The van der Waals surface area contributed by atoms with Crippen LogP contribution < -0.4 is 10.1 Å². The Kier molecular flexibility index (Phi) is 6.39. The zero-order chi connectivity index (χ0) is 20.3. The second kappa shape index (κ2) is 8.78. The van der Waals surface area contributed by atoms with Gasteiger partial charge in [0.05, 0.1) is 11.7 Å². The Labute approximate surface area is 170 Å². The van der Waals surface area contributed by atoms with E-state index in [0.29, 0.717) is 16.3 Å². The highest BCUT2D eigenvalue weighted by molar-refractivity contribution is 7.17. The van der Waals surface area contributed by atoms with E-state index in [0.717, 1.165) is 42.4 Å². The number of amides is 1. The van der Waals surface area contributed by atoms with E-state index in [1.807, 2.05) is 45.9 Å². The molecule has 150 valence electrons. The molecule has 1 aromatic heterocycles. The summed E-state index contributed by atoms with van der Waals surface area (Å²) < 4.78 is 11.1.